The Bertz CT molecular complexity index is 1720. The summed E-state index contributed by atoms with van der Waals surface area (Å²) in [5, 5.41) is 12.1. The lowest BCUT2D eigenvalue weighted by molar-refractivity contribution is -0.0444. The number of likely N-dealkylation sites (tertiary alicyclic amines) is 1. The Morgan fingerprint density at radius 1 is 1.09 bits per heavy atom. The average molecular weight is 602 g/mol. The van der Waals surface area contributed by atoms with Crippen molar-refractivity contribution in [3.8, 4) is 11.5 Å². The van der Waals surface area contributed by atoms with Crippen molar-refractivity contribution in [2.24, 2.45) is 17.8 Å². The molecular weight excluding hydrogens is 546 g/mol. The molecule has 234 valence electrons. The molecular formula is C38H49N3O3. The number of pyridine rings is 1. The highest BCUT2D eigenvalue weighted by Crippen LogP contribution is 2.56. The average Bonchev–Trinajstić information content (AvgIpc) is 3.10. The van der Waals surface area contributed by atoms with E-state index >= 15 is 0 Å². The summed E-state index contributed by atoms with van der Waals surface area (Å²) in [5.41, 5.74) is 4.16. The second-order valence-electron chi connectivity index (χ2n) is 13.6. The predicted octanol–water partition coefficient (Wildman–Crippen LogP) is 6.56. The van der Waals surface area contributed by atoms with Gasteiger partial charge in [0.25, 0.3) is 0 Å². The quantitative estimate of drug-likeness (QED) is 0.335. The lowest BCUT2D eigenvalue weighted by Crippen LogP contribution is -2.59. The van der Waals surface area contributed by atoms with E-state index < -0.39 is 20.1 Å². The highest BCUT2D eigenvalue weighted by Gasteiger charge is 2.53. The standard InChI is InChI=1S/C20H24N2O2.C18H25NO/c1-3-13-12-22-9-7-14(13)10-19(22)20(23)16-6-8-21-18-5-4-15(24-2)11-17(16)18;1-19-10-9-18-8-4-3-5-15(18)17(19)11-13-6-7-14(20-2)12-16(13)18/h3-6,8,11,13-14,19-20,23H,1,7,9-10,12H2,2H3;6-7,12,15,17H,3-5,8-11H2,1-2H3/t13-,14-,19+,20-;15-,17+,18+/m01/s1/i;1D3,2D3. The second kappa shape index (κ2) is 12.1. The van der Waals surface area contributed by atoms with Crippen LogP contribution in [0.25, 0.3) is 10.9 Å². The van der Waals surface area contributed by atoms with Crippen LogP contribution in [-0.2, 0) is 11.8 Å². The zero-order chi connectivity index (χ0) is 35.4. The van der Waals surface area contributed by atoms with Crippen molar-refractivity contribution in [1.82, 2.24) is 14.8 Å². The van der Waals surface area contributed by atoms with Crippen LogP contribution in [0.4, 0.5) is 0 Å². The molecule has 8 atom stereocenters. The maximum absolute atomic E-state index is 11.2. The maximum Gasteiger partial charge on any atom is 0.119 e. The summed E-state index contributed by atoms with van der Waals surface area (Å²) in [4.78, 5) is 8.59. The number of methoxy groups -OCH3 is 2. The van der Waals surface area contributed by atoms with Gasteiger partial charge >= 0.3 is 0 Å². The van der Waals surface area contributed by atoms with Crippen LogP contribution in [0.15, 0.2) is 61.3 Å². The number of hydrogen-bond acceptors (Lipinski definition) is 6. The van der Waals surface area contributed by atoms with Crippen LogP contribution in [-0.4, -0.2) is 72.7 Å². The number of piperidine rings is 4. The van der Waals surface area contributed by atoms with Gasteiger partial charge in [-0.3, -0.25) is 9.88 Å². The molecule has 0 radical (unpaired) electrons. The fourth-order valence-electron chi connectivity index (χ4n) is 9.49. The Balaban J connectivity index is 0.000000157. The molecule has 2 aliphatic carbocycles. The molecule has 1 N–H and O–H groups in total. The minimum atomic E-state index is -2.46. The first kappa shape index (κ1) is 23.4. The molecule has 6 heteroatoms. The molecule has 2 aromatic carbocycles. The van der Waals surface area contributed by atoms with E-state index in [9.17, 15) is 5.11 Å². The van der Waals surface area contributed by atoms with Crippen LogP contribution in [0.1, 0.15) is 76.0 Å². The minimum absolute atomic E-state index is 0.0354. The first-order chi connectivity index (χ1) is 23.8. The SMILES string of the molecule is C=C[C@H]1CN2CC[C@H]1C[C@@H]2[C@@H](O)c1ccnc2ccc(OC)cc12.[2H]C([2H])([2H])Oc1ccc2c(c1)[C@]13CCCC[C@@H]1[C@H](C2)N(C([2H])([2H])[2H])CC3. The molecule has 4 saturated heterocycles. The van der Waals surface area contributed by atoms with E-state index in [0.29, 0.717) is 36.5 Å². The first-order valence-corrected chi connectivity index (χ1v) is 16.4. The number of benzene rings is 2. The highest BCUT2D eigenvalue weighted by atomic mass is 16.5. The fourth-order valence-corrected chi connectivity index (χ4v) is 9.49. The summed E-state index contributed by atoms with van der Waals surface area (Å²) in [6, 6.07) is 13.6. The zero-order valence-corrected chi connectivity index (χ0v) is 25.8. The monoisotopic (exact) mass is 601 g/mol. The Labute approximate surface area is 271 Å². The van der Waals surface area contributed by atoms with Crippen molar-refractivity contribution >= 4 is 10.9 Å². The van der Waals surface area contributed by atoms with Gasteiger partial charge in [0.05, 0.1) is 29.9 Å². The Kier molecular flexibility index (Phi) is 6.44. The van der Waals surface area contributed by atoms with Crippen molar-refractivity contribution in [3.05, 3.63) is 78.0 Å². The smallest absolute Gasteiger partial charge is 0.119 e. The first-order valence-electron chi connectivity index (χ1n) is 19.4. The summed E-state index contributed by atoms with van der Waals surface area (Å²) >= 11 is 0. The van der Waals surface area contributed by atoms with E-state index in [2.05, 4.69) is 22.5 Å². The molecule has 0 spiro atoms. The predicted molar refractivity (Wildman–Crippen MR) is 176 cm³/mol. The van der Waals surface area contributed by atoms with Crippen LogP contribution in [0.2, 0.25) is 0 Å². The molecule has 5 heterocycles. The number of fused-ring (bicyclic) bond motifs is 5. The van der Waals surface area contributed by atoms with E-state index in [4.69, 9.17) is 17.7 Å². The zero-order valence-electron chi connectivity index (χ0n) is 31.8. The number of nitrogens with zero attached hydrogens (tertiary/aromatic N) is 3. The third-order valence-corrected chi connectivity index (χ3v) is 11.7. The van der Waals surface area contributed by atoms with E-state index in [0.717, 1.165) is 79.4 Å². The molecule has 9 rings (SSSR count). The van der Waals surface area contributed by atoms with Gasteiger partial charge in [-0.05, 0) is 129 Å². The van der Waals surface area contributed by atoms with Crippen LogP contribution >= 0.6 is 0 Å². The van der Waals surface area contributed by atoms with Gasteiger partial charge in [-0.1, -0.05) is 25.0 Å². The molecule has 1 aromatic heterocycles. The summed E-state index contributed by atoms with van der Waals surface area (Å²) in [6.45, 7) is 4.58. The largest absolute Gasteiger partial charge is 0.497 e. The van der Waals surface area contributed by atoms with E-state index in [-0.39, 0.29) is 17.5 Å². The molecule has 4 aliphatic heterocycles. The van der Waals surface area contributed by atoms with Crippen LogP contribution in [0, 0.1) is 17.8 Å². The molecule has 5 fully saturated rings. The molecule has 6 aliphatic rings. The van der Waals surface area contributed by atoms with Crippen molar-refractivity contribution in [1.29, 1.82) is 0 Å². The van der Waals surface area contributed by atoms with Crippen LogP contribution in [0.3, 0.4) is 0 Å². The summed E-state index contributed by atoms with van der Waals surface area (Å²) in [5.74, 6) is 2.72. The fraction of sp³-hybridized carbons (Fsp3) is 0.553. The third-order valence-electron chi connectivity index (χ3n) is 11.7. The summed E-state index contributed by atoms with van der Waals surface area (Å²) in [6.07, 6.45) is 11.5. The molecule has 6 nitrogen and oxygen atoms in total. The summed E-state index contributed by atoms with van der Waals surface area (Å²) < 4.78 is 56.4. The molecule has 1 saturated carbocycles. The highest BCUT2D eigenvalue weighted by molar-refractivity contribution is 5.84. The van der Waals surface area contributed by atoms with Gasteiger partial charge in [-0.2, -0.15) is 0 Å². The number of aromatic nitrogens is 1. The molecule has 44 heavy (non-hydrogen) atoms. The summed E-state index contributed by atoms with van der Waals surface area (Å²) in [7, 11) is -0.797. The number of likely N-dealkylation sites (N-methyl/N-ethyl adjacent to an activating group) is 1. The minimum Gasteiger partial charge on any atom is -0.497 e. The Morgan fingerprint density at radius 3 is 2.77 bits per heavy atom. The van der Waals surface area contributed by atoms with Gasteiger partial charge in [0.2, 0.25) is 0 Å². The van der Waals surface area contributed by atoms with Gasteiger partial charge in [0.15, 0.2) is 0 Å². The van der Waals surface area contributed by atoms with Gasteiger partial charge in [-0.15, -0.1) is 6.58 Å². The van der Waals surface area contributed by atoms with E-state index in [1.165, 1.54) is 12.0 Å². The van der Waals surface area contributed by atoms with Crippen molar-refractivity contribution in [2.45, 2.75) is 75.0 Å². The van der Waals surface area contributed by atoms with Gasteiger partial charge in [0, 0.05) is 39.7 Å². The van der Waals surface area contributed by atoms with Gasteiger partial charge in [0.1, 0.15) is 11.5 Å². The number of ether oxygens (including phenoxy) is 2. The topological polar surface area (TPSA) is 58.1 Å². The molecule has 0 amide bonds. The lowest BCUT2D eigenvalue weighted by atomic mass is 9.52. The number of aliphatic hydroxyl groups excluding tert-OH is 1. The third kappa shape index (κ3) is 5.03. The molecule has 1 unspecified atom stereocenters. The Morgan fingerprint density at radius 2 is 1.98 bits per heavy atom. The lowest BCUT2D eigenvalue weighted by Gasteiger charge is -2.58. The van der Waals surface area contributed by atoms with Gasteiger partial charge in [-0.25, -0.2) is 0 Å². The Hall–Kier alpha value is -2.93. The van der Waals surface area contributed by atoms with Gasteiger partial charge < -0.3 is 19.5 Å². The number of hydrogen-bond donors (Lipinski definition) is 1. The van der Waals surface area contributed by atoms with Crippen molar-refractivity contribution in [2.75, 3.05) is 40.8 Å². The van der Waals surface area contributed by atoms with Crippen molar-refractivity contribution < 1.29 is 22.8 Å². The molecule has 4 bridgehead atoms. The van der Waals surface area contributed by atoms with E-state index in [1.54, 1.807) is 24.3 Å². The normalized spacial score (nSPS) is 35.5. The van der Waals surface area contributed by atoms with Crippen LogP contribution in [0.5, 0.6) is 11.5 Å². The number of aliphatic hydroxyl groups is 1. The van der Waals surface area contributed by atoms with Crippen molar-refractivity contribution in [3.63, 3.8) is 0 Å². The number of rotatable bonds is 5. The maximum atomic E-state index is 11.2. The molecule has 3 aromatic rings. The van der Waals surface area contributed by atoms with E-state index in [1.807, 2.05) is 36.4 Å². The second-order valence-corrected chi connectivity index (χ2v) is 13.6. The van der Waals surface area contributed by atoms with Crippen LogP contribution < -0.4 is 9.47 Å².